The molecule has 3 nitrogen and oxygen atoms in total. The van der Waals surface area contributed by atoms with Crippen molar-refractivity contribution in [1.82, 2.24) is 0 Å². The van der Waals surface area contributed by atoms with Crippen LogP contribution in [0.3, 0.4) is 0 Å². The largest absolute Gasteiger partial charge is 0.462 e. The summed E-state index contributed by atoms with van der Waals surface area (Å²) in [5.41, 5.74) is 6.79. The fourth-order valence-electron chi connectivity index (χ4n) is 1.46. The van der Waals surface area contributed by atoms with Crippen LogP contribution in [0.15, 0.2) is 22.7 Å². The van der Waals surface area contributed by atoms with Crippen LogP contribution in [0.25, 0.3) is 0 Å². The molecule has 0 fully saturated rings. The third-order valence-electron chi connectivity index (χ3n) is 2.84. The molecule has 1 rings (SSSR count). The SMILES string of the molecule is CCC(CC)COC(=O)c1ccc(N)c(Br)c1. The van der Waals surface area contributed by atoms with E-state index in [4.69, 9.17) is 10.5 Å². The molecule has 17 heavy (non-hydrogen) atoms. The summed E-state index contributed by atoms with van der Waals surface area (Å²) in [4.78, 5) is 11.8. The van der Waals surface area contributed by atoms with Crippen molar-refractivity contribution in [2.75, 3.05) is 12.3 Å². The van der Waals surface area contributed by atoms with Crippen LogP contribution in [-0.2, 0) is 4.74 Å². The molecular formula is C13H18BrNO2. The Morgan fingerprint density at radius 1 is 1.41 bits per heavy atom. The van der Waals surface area contributed by atoms with Gasteiger partial charge in [-0.15, -0.1) is 0 Å². The van der Waals surface area contributed by atoms with Gasteiger partial charge >= 0.3 is 5.97 Å². The first-order valence-corrected chi connectivity index (χ1v) is 6.59. The van der Waals surface area contributed by atoms with E-state index in [1.807, 2.05) is 0 Å². The predicted octanol–water partition coefficient (Wildman–Crippen LogP) is 3.62. The molecule has 0 aliphatic rings. The topological polar surface area (TPSA) is 52.3 Å². The van der Waals surface area contributed by atoms with Gasteiger partial charge in [0.25, 0.3) is 0 Å². The van der Waals surface area contributed by atoms with Crippen LogP contribution in [0.5, 0.6) is 0 Å². The van der Waals surface area contributed by atoms with E-state index < -0.39 is 0 Å². The summed E-state index contributed by atoms with van der Waals surface area (Å²) in [6, 6.07) is 5.05. The molecule has 0 spiro atoms. The van der Waals surface area contributed by atoms with Gasteiger partial charge in [0.2, 0.25) is 0 Å². The maximum absolute atomic E-state index is 11.8. The molecular weight excluding hydrogens is 282 g/mol. The van der Waals surface area contributed by atoms with Gasteiger partial charge in [-0.05, 0) is 40.0 Å². The zero-order chi connectivity index (χ0) is 12.8. The standard InChI is InChI=1S/C13H18BrNO2/c1-3-9(4-2)8-17-13(16)10-5-6-12(15)11(14)7-10/h5-7,9H,3-4,8,15H2,1-2H3. The van der Waals surface area contributed by atoms with Crippen molar-refractivity contribution in [2.45, 2.75) is 26.7 Å². The molecule has 1 aromatic rings. The Bertz CT molecular complexity index is 389. The lowest BCUT2D eigenvalue weighted by atomic mass is 10.1. The molecule has 4 heteroatoms. The molecule has 0 bridgehead atoms. The lowest BCUT2D eigenvalue weighted by Gasteiger charge is -2.12. The van der Waals surface area contributed by atoms with Crippen LogP contribution < -0.4 is 5.73 Å². The van der Waals surface area contributed by atoms with Crippen molar-refractivity contribution < 1.29 is 9.53 Å². The summed E-state index contributed by atoms with van der Waals surface area (Å²) in [5.74, 6) is 0.147. The maximum atomic E-state index is 11.8. The highest BCUT2D eigenvalue weighted by Gasteiger charge is 2.11. The molecule has 0 heterocycles. The number of anilines is 1. The lowest BCUT2D eigenvalue weighted by Crippen LogP contribution is -2.13. The molecule has 0 atom stereocenters. The number of halogens is 1. The van der Waals surface area contributed by atoms with Gasteiger partial charge < -0.3 is 10.5 Å². The van der Waals surface area contributed by atoms with Crippen molar-refractivity contribution in [1.29, 1.82) is 0 Å². The van der Waals surface area contributed by atoms with Crippen LogP contribution in [0.4, 0.5) is 5.69 Å². The minimum absolute atomic E-state index is 0.294. The van der Waals surface area contributed by atoms with E-state index in [1.165, 1.54) is 0 Å². The number of nitrogens with two attached hydrogens (primary N) is 1. The van der Waals surface area contributed by atoms with Gasteiger partial charge in [-0.25, -0.2) is 4.79 Å². The van der Waals surface area contributed by atoms with Crippen molar-refractivity contribution >= 4 is 27.6 Å². The summed E-state index contributed by atoms with van der Waals surface area (Å²) >= 11 is 3.29. The van der Waals surface area contributed by atoms with Crippen molar-refractivity contribution in [3.63, 3.8) is 0 Å². The third-order valence-corrected chi connectivity index (χ3v) is 3.53. The van der Waals surface area contributed by atoms with Crippen LogP contribution in [-0.4, -0.2) is 12.6 Å². The van der Waals surface area contributed by atoms with Gasteiger partial charge in [-0.2, -0.15) is 0 Å². The molecule has 1 aromatic carbocycles. The Morgan fingerprint density at radius 2 is 2.06 bits per heavy atom. The van der Waals surface area contributed by atoms with E-state index in [2.05, 4.69) is 29.8 Å². The quantitative estimate of drug-likeness (QED) is 0.667. The van der Waals surface area contributed by atoms with Gasteiger partial charge in [0.1, 0.15) is 0 Å². The number of carbonyl (C=O) groups is 1. The van der Waals surface area contributed by atoms with E-state index in [-0.39, 0.29) is 5.97 Å². The number of benzene rings is 1. The van der Waals surface area contributed by atoms with E-state index in [0.717, 1.165) is 17.3 Å². The van der Waals surface area contributed by atoms with Crippen molar-refractivity contribution in [3.05, 3.63) is 28.2 Å². The number of rotatable bonds is 5. The van der Waals surface area contributed by atoms with E-state index >= 15 is 0 Å². The molecule has 94 valence electrons. The number of nitrogen functional groups attached to an aromatic ring is 1. The summed E-state index contributed by atoms with van der Waals surface area (Å²) in [6.07, 6.45) is 2.05. The van der Waals surface area contributed by atoms with Gasteiger partial charge in [0.05, 0.1) is 12.2 Å². The minimum Gasteiger partial charge on any atom is -0.462 e. The molecule has 0 radical (unpaired) electrons. The fraction of sp³-hybridized carbons (Fsp3) is 0.462. The second-order valence-corrected chi connectivity index (χ2v) is 4.87. The summed E-state index contributed by atoms with van der Waals surface area (Å²) < 4.78 is 5.98. The average Bonchev–Trinajstić information content (AvgIpc) is 2.33. The van der Waals surface area contributed by atoms with Crippen LogP contribution in [0, 0.1) is 5.92 Å². The van der Waals surface area contributed by atoms with Gasteiger partial charge in [-0.1, -0.05) is 26.7 Å². The number of esters is 1. The van der Waals surface area contributed by atoms with Gasteiger partial charge in [-0.3, -0.25) is 0 Å². The van der Waals surface area contributed by atoms with Crippen LogP contribution in [0.1, 0.15) is 37.0 Å². The Balaban J connectivity index is 2.61. The molecule has 0 amide bonds. The number of carbonyl (C=O) groups excluding carboxylic acids is 1. The molecule has 2 N–H and O–H groups in total. The van der Waals surface area contributed by atoms with E-state index in [1.54, 1.807) is 18.2 Å². The number of hydrogen-bond acceptors (Lipinski definition) is 3. The Morgan fingerprint density at radius 3 is 2.59 bits per heavy atom. The maximum Gasteiger partial charge on any atom is 0.338 e. The van der Waals surface area contributed by atoms with Gasteiger partial charge in [0, 0.05) is 10.2 Å². The Kier molecular flexibility index (Phi) is 5.48. The van der Waals surface area contributed by atoms with Crippen molar-refractivity contribution in [2.24, 2.45) is 5.92 Å². The second kappa shape index (κ2) is 6.64. The Hall–Kier alpha value is -1.03. The van der Waals surface area contributed by atoms with Crippen molar-refractivity contribution in [3.8, 4) is 0 Å². The zero-order valence-electron chi connectivity index (χ0n) is 10.2. The molecule has 0 aliphatic heterocycles. The molecule has 0 unspecified atom stereocenters. The van der Waals surface area contributed by atoms with Crippen LogP contribution in [0.2, 0.25) is 0 Å². The first kappa shape index (κ1) is 14.0. The first-order valence-electron chi connectivity index (χ1n) is 5.80. The number of ether oxygens (including phenoxy) is 1. The highest BCUT2D eigenvalue weighted by atomic mass is 79.9. The fourth-order valence-corrected chi connectivity index (χ4v) is 1.83. The monoisotopic (exact) mass is 299 g/mol. The first-order chi connectivity index (χ1) is 8.08. The normalized spacial score (nSPS) is 10.6. The number of hydrogen-bond donors (Lipinski definition) is 1. The molecule has 0 aromatic heterocycles. The smallest absolute Gasteiger partial charge is 0.338 e. The molecule has 0 saturated carbocycles. The second-order valence-electron chi connectivity index (χ2n) is 4.02. The van der Waals surface area contributed by atoms with E-state index in [0.29, 0.717) is 23.8 Å². The minimum atomic E-state index is -0.294. The lowest BCUT2D eigenvalue weighted by molar-refractivity contribution is 0.0433. The Labute approximate surface area is 110 Å². The zero-order valence-corrected chi connectivity index (χ0v) is 11.8. The third kappa shape index (κ3) is 4.04. The summed E-state index contributed by atoms with van der Waals surface area (Å²) in [5, 5.41) is 0. The molecule has 0 saturated heterocycles. The molecule has 0 aliphatic carbocycles. The average molecular weight is 300 g/mol. The predicted molar refractivity (Wildman–Crippen MR) is 72.9 cm³/mol. The van der Waals surface area contributed by atoms with E-state index in [9.17, 15) is 4.79 Å². The summed E-state index contributed by atoms with van der Waals surface area (Å²) in [6.45, 7) is 4.68. The highest BCUT2D eigenvalue weighted by molar-refractivity contribution is 9.10. The van der Waals surface area contributed by atoms with Gasteiger partial charge in [0.15, 0.2) is 0 Å². The highest BCUT2D eigenvalue weighted by Crippen LogP contribution is 2.21. The summed E-state index contributed by atoms with van der Waals surface area (Å²) in [7, 11) is 0. The van der Waals surface area contributed by atoms with Crippen LogP contribution >= 0.6 is 15.9 Å².